The number of allylic oxidation sites excluding steroid dienone is 2. The highest BCUT2D eigenvalue weighted by molar-refractivity contribution is 5.83. The van der Waals surface area contributed by atoms with Crippen molar-refractivity contribution in [1.29, 1.82) is 0 Å². The third-order valence-corrected chi connectivity index (χ3v) is 24.7. The average Bonchev–Trinajstić information content (AvgIpc) is 0.818. The average molecular weight is 1540 g/mol. The number of carboxylic acids is 4. The van der Waals surface area contributed by atoms with E-state index in [9.17, 15) is 39.6 Å². The fraction of sp³-hybridized carbons (Fsp3) is 0.929. The van der Waals surface area contributed by atoms with Gasteiger partial charge in [0, 0.05) is 0 Å². The van der Waals surface area contributed by atoms with Gasteiger partial charge in [-0.25, -0.2) is 0 Å². The highest BCUT2D eigenvalue weighted by Crippen LogP contribution is 2.40. The van der Waals surface area contributed by atoms with Crippen LogP contribution in [0, 0.1) is 29.6 Å². The zero-order chi connectivity index (χ0) is 79.5. The zero-order valence-electron chi connectivity index (χ0n) is 73.3. The molecule has 0 aromatic rings. The van der Waals surface area contributed by atoms with Gasteiger partial charge in [-0.1, -0.05) is 515 Å². The number of esters is 1. The van der Waals surface area contributed by atoms with E-state index in [2.05, 4.69) is 39.8 Å². The molecule has 0 radical (unpaired) electrons. The van der Waals surface area contributed by atoms with Gasteiger partial charge in [0.25, 0.3) is 0 Å². The highest BCUT2D eigenvalue weighted by Gasteiger charge is 2.45. The van der Waals surface area contributed by atoms with Crippen molar-refractivity contribution in [3.05, 3.63) is 12.2 Å². The normalized spacial score (nSPS) is 13.5. The largest absolute Gasteiger partial charge is 0.481 e. The Bertz CT molecular complexity index is 1920. The molecule has 5 atom stereocenters. The Morgan fingerprint density at radius 3 is 0.633 bits per heavy atom. The second-order valence-electron chi connectivity index (χ2n) is 35.0. The van der Waals surface area contributed by atoms with E-state index in [4.69, 9.17) is 4.74 Å². The number of carbonyl (C=O) groups excluding carboxylic acids is 1. The van der Waals surface area contributed by atoms with Gasteiger partial charge in [-0.15, -0.1) is 0 Å². The van der Waals surface area contributed by atoms with E-state index >= 15 is 4.79 Å². The van der Waals surface area contributed by atoms with E-state index in [0.29, 0.717) is 6.42 Å². The van der Waals surface area contributed by atoms with Crippen molar-refractivity contribution in [3.63, 3.8) is 0 Å². The summed E-state index contributed by atoms with van der Waals surface area (Å²) in [6.07, 6.45) is 102. The molecule has 0 saturated heterocycles. The van der Waals surface area contributed by atoms with Crippen LogP contribution in [0.2, 0.25) is 0 Å². The van der Waals surface area contributed by atoms with Crippen molar-refractivity contribution >= 4 is 29.8 Å². The summed E-state index contributed by atoms with van der Waals surface area (Å²) in [6.45, 7) is 9.13. The fourth-order valence-electron chi connectivity index (χ4n) is 17.5. The van der Waals surface area contributed by atoms with Crippen LogP contribution in [0.5, 0.6) is 0 Å². The molecule has 0 spiro atoms. The van der Waals surface area contributed by atoms with Crippen molar-refractivity contribution in [1.82, 2.24) is 0 Å². The summed E-state index contributed by atoms with van der Waals surface area (Å²) in [7, 11) is 0. The summed E-state index contributed by atoms with van der Waals surface area (Å²) in [6, 6.07) is 0. The fourth-order valence-corrected chi connectivity index (χ4v) is 17.5. The lowest BCUT2D eigenvalue weighted by Gasteiger charge is -2.36. The minimum absolute atomic E-state index is 0.0998. The maximum atomic E-state index is 15.5. The van der Waals surface area contributed by atoms with Crippen molar-refractivity contribution in [2.75, 3.05) is 0 Å². The molecule has 644 valence electrons. The van der Waals surface area contributed by atoms with Crippen molar-refractivity contribution < 1.29 is 49.1 Å². The maximum absolute atomic E-state index is 15.5. The number of carboxylic acid groups (broad SMARTS) is 4. The van der Waals surface area contributed by atoms with Gasteiger partial charge in [0.2, 0.25) is 0 Å². The Kier molecular flexibility index (Phi) is 83.7. The van der Waals surface area contributed by atoms with Gasteiger partial charge in [-0.05, 0) is 50.4 Å². The van der Waals surface area contributed by atoms with E-state index in [0.717, 1.165) is 103 Å². The standard InChI is InChI=1S/C99H188O10/c1-5-9-13-17-21-25-29-33-37-41-42-43-44-45-46-47-48-49-50-51-52-53-54-56-60-64-68-72-76-80-84-89(83-79-75-71-67-63-59-55-38-34-30-26-22-18-14-10-6-2)90(85-81-77-73-69-65-61-57-39-35-31-27-23-19-15-11-7-3)91(86-82-78-74-70-66-62-58-40-36-32-28-24-20-16-12-8-4)99(108)109-96(92(97(104)105)87-94(100)101)93(98(106)107)88-95(102)103/h64,68,89-93,96H,5-63,65-67,69-88H2,1-4H3,(H,100,101)(H,102,103)(H,104,105)(H,106,107). The van der Waals surface area contributed by atoms with E-state index in [1.165, 1.54) is 405 Å². The van der Waals surface area contributed by atoms with Gasteiger partial charge in [-0.3, -0.25) is 24.0 Å². The van der Waals surface area contributed by atoms with Crippen LogP contribution in [0.1, 0.15) is 554 Å². The lowest BCUT2D eigenvalue weighted by molar-refractivity contribution is -0.177. The minimum Gasteiger partial charge on any atom is -0.481 e. The molecule has 0 aliphatic heterocycles. The molecule has 0 fully saturated rings. The van der Waals surface area contributed by atoms with Crippen LogP contribution in [0.3, 0.4) is 0 Å². The Morgan fingerprint density at radius 1 is 0.229 bits per heavy atom. The van der Waals surface area contributed by atoms with Crippen LogP contribution in [0.4, 0.5) is 0 Å². The van der Waals surface area contributed by atoms with Crippen molar-refractivity contribution in [2.45, 2.75) is 560 Å². The lowest BCUT2D eigenvalue weighted by Crippen LogP contribution is -2.45. The molecule has 0 saturated carbocycles. The van der Waals surface area contributed by atoms with E-state index < -0.39 is 66.5 Å². The lowest BCUT2D eigenvalue weighted by atomic mass is 9.72. The SMILES string of the molecule is CCCCCCCCCCCCCCCCCCCCCCCCCCC=CCCCCC(CCCCCCCCCCCCCCCCCC)C(CCCCCCCCCCCCCCCCCC)C(CCCCCCCCCCCCCCCCCC)C(=O)OC(C(CC(=O)O)C(=O)O)C(CC(=O)O)C(=O)O. The van der Waals surface area contributed by atoms with Gasteiger partial charge >= 0.3 is 29.8 Å². The van der Waals surface area contributed by atoms with Crippen LogP contribution in [-0.2, 0) is 28.7 Å². The molecule has 0 amide bonds. The summed E-state index contributed by atoms with van der Waals surface area (Å²) >= 11 is 0. The van der Waals surface area contributed by atoms with Crippen molar-refractivity contribution in [3.8, 4) is 0 Å². The third kappa shape index (κ3) is 73.7. The number of ether oxygens (including phenoxy) is 1. The first-order chi connectivity index (χ1) is 53.4. The first kappa shape index (κ1) is 106. The zero-order valence-corrected chi connectivity index (χ0v) is 73.3. The molecule has 109 heavy (non-hydrogen) atoms. The molecule has 4 N–H and O–H groups in total. The van der Waals surface area contributed by atoms with Gasteiger partial charge in [0.1, 0.15) is 17.9 Å². The Morgan fingerprint density at radius 2 is 0.413 bits per heavy atom. The summed E-state index contributed by atoms with van der Waals surface area (Å²) < 4.78 is 6.27. The molecule has 0 rings (SSSR count). The summed E-state index contributed by atoms with van der Waals surface area (Å²) in [4.78, 5) is 66.2. The molecule has 0 aromatic carbocycles. The molecule has 0 bridgehead atoms. The van der Waals surface area contributed by atoms with Gasteiger partial charge < -0.3 is 25.2 Å². The van der Waals surface area contributed by atoms with Gasteiger partial charge in [-0.2, -0.15) is 0 Å². The number of rotatable bonds is 93. The summed E-state index contributed by atoms with van der Waals surface area (Å²) in [5.74, 6) is -11.4. The third-order valence-electron chi connectivity index (χ3n) is 24.7. The smallest absolute Gasteiger partial charge is 0.310 e. The Hall–Kier alpha value is -2.91. The van der Waals surface area contributed by atoms with Crippen LogP contribution in [-0.4, -0.2) is 56.4 Å². The van der Waals surface area contributed by atoms with Crippen molar-refractivity contribution in [2.24, 2.45) is 29.6 Å². The van der Waals surface area contributed by atoms with Gasteiger partial charge in [0.15, 0.2) is 0 Å². The molecule has 0 heterocycles. The number of aliphatic carboxylic acids is 4. The monoisotopic (exact) mass is 1540 g/mol. The van der Waals surface area contributed by atoms with Crippen LogP contribution in [0.15, 0.2) is 12.2 Å². The van der Waals surface area contributed by atoms with E-state index in [-0.39, 0.29) is 11.8 Å². The number of unbranched alkanes of at least 4 members (excludes halogenated alkanes) is 71. The Balaban J connectivity index is 6.35. The van der Waals surface area contributed by atoms with Crippen LogP contribution in [0.25, 0.3) is 0 Å². The topological polar surface area (TPSA) is 176 Å². The van der Waals surface area contributed by atoms with Gasteiger partial charge in [0.05, 0.1) is 18.8 Å². The summed E-state index contributed by atoms with van der Waals surface area (Å²) in [5.41, 5.74) is 0. The second-order valence-corrected chi connectivity index (χ2v) is 35.0. The predicted octanol–water partition coefficient (Wildman–Crippen LogP) is 32.9. The quantitative estimate of drug-likeness (QED) is 0.0261. The first-order valence-corrected chi connectivity index (χ1v) is 49.2. The van der Waals surface area contributed by atoms with Crippen LogP contribution >= 0.6 is 0 Å². The van der Waals surface area contributed by atoms with E-state index in [1.54, 1.807) is 0 Å². The first-order valence-electron chi connectivity index (χ1n) is 49.2. The molecule has 10 heteroatoms. The molecule has 0 aliphatic carbocycles. The maximum Gasteiger partial charge on any atom is 0.310 e. The molecule has 0 aliphatic rings. The molecular formula is C99H188O10. The number of hydrogen-bond donors (Lipinski definition) is 4. The molecule has 10 nitrogen and oxygen atoms in total. The summed E-state index contributed by atoms with van der Waals surface area (Å²) in [5, 5.41) is 41.2. The second kappa shape index (κ2) is 86.0. The Labute approximate surface area is 677 Å². The predicted molar refractivity (Wildman–Crippen MR) is 468 cm³/mol. The number of hydrogen-bond acceptors (Lipinski definition) is 6. The van der Waals surface area contributed by atoms with Crippen LogP contribution < -0.4 is 0 Å². The minimum atomic E-state index is -1.97. The molecule has 0 aromatic heterocycles. The highest BCUT2D eigenvalue weighted by atomic mass is 16.5. The molecular weight excluding hydrogens is 1350 g/mol. The van der Waals surface area contributed by atoms with E-state index in [1.807, 2.05) is 0 Å². The number of carbonyl (C=O) groups is 5. The molecule has 5 unspecified atom stereocenters.